The Morgan fingerprint density at radius 1 is 1.16 bits per heavy atom. The van der Waals surface area contributed by atoms with Crippen molar-refractivity contribution in [2.24, 2.45) is 5.92 Å². The molecule has 0 bridgehead atoms. The predicted octanol–water partition coefficient (Wildman–Crippen LogP) is 3.85. The summed E-state index contributed by atoms with van der Waals surface area (Å²) in [6.07, 6.45) is 6.87. The number of piperidine rings is 1. The Hall–Kier alpha value is 0.0900. The van der Waals surface area contributed by atoms with E-state index in [-0.39, 0.29) is 6.04 Å². The van der Waals surface area contributed by atoms with Crippen LogP contribution in [0, 0.1) is 5.92 Å². The van der Waals surface area contributed by atoms with Gasteiger partial charge in [-0.15, -0.1) is 11.3 Å². The van der Waals surface area contributed by atoms with E-state index in [1.807, 2.05) is 6.07 Å². The summed E-state index contributed by atoms with van der Waals surface area (Å²) in [5.41, 5.74) is 0. The zero-order valence-electron chi connectivity index (χ0n) is 10.7. The highest BCUT2D eigenvalue weighted by atomic mass is 79.9. The normalized spacial score (nSPS) is 29.1. The van der Waals surface area contributed by atoms with Crippen LogP contribution in [0.1, 0.15) is 38.5 Å². The van der Waals surface area contributed by atoms with Gasteiger partial charge in [0.25, 0.3) is 10.0 Å². The standard InChI is InChI=1S/C13H18BrNO2S2/c14-12-7-8-13(18-12)19(16,17)15-9-3-5-10-4-1-2-6-11(10)15/h7-8,10-11H,1-6,9H2/t10-,11-/m0/s1. The molecule has 106 valence electrons. The number of sulfonamides is 1. The van der Waals surface area contributed by atoms with Gasteiger partial charge < -0.3 is 0 Å². The van der Waals surface area contributed by atoms with Gasteiger partial charge in [0.15, 0.2) is 0 Å². The Bertz CT molecular complexity index is 553. The SMILES string of the molecule is O=S(=O)(c1ccc(Br)s1)N1CCC[C@@H]2CCCC[C@@H]21. The van der Waals surface area contributed by atoms with E-state index in [0.29, 0.717) is 16.7 Å². The van der Waals surface area contributed by atoms with Crippen molar-refractivity contribution in [3.63, 3.8) is 0 Å². The van der Waals surface area contributed by atoms with Gasteiger partial charge in [0.2, 0.25) is 0 Å². The fourth-order valence-electron chi connectivity index (χ4n) is 3.43. The van der Waals surface area contributed by atoms with E-state index in [4.69, 9.17) is 0 Å². The van der Waals surface area contributed by atoms with Crippen LogP contribution in [0.25, 0.3) is 0 Å². The highest BCUT2D eigenvalue weighted by molar-refractivity contribution is 9.11. The monoisotopic (exact) mass is 363 g/mol. The molecule has 3 rings (SSSR count). The zero-order valence-corrected chi connectivity index (χ0v) is 13.9. The minimum absolute atomic E-state index is 0.244. The van der Waals surface area contributed by atoms with E-state index in [1.54, 1.807) is 10.4 Å². The van der Waals surface area contributed by atoms with Crippen molar-refractivity contribution in [3.8, 4) is 0 Å². The molecule has 1 saturated carbocycles. The van der Waals surface area contributed by atoms with Crippen LogP contribution in [0.3, 0.4) is 0 Å². The van der Waals surface area contributed by atoms with Gasteiger partial charge in [-0.3, -0.25) is 0 Å². The van der Waals surface area contributed by atoms with Crippen molar-refractivity contribution >= 4 is 37.3 Å². The number of halogens is 1. The molecular weight excluding hydrogens is 346 g/mol. The third kappa shape index (κ3) is 2.64. The van der Waals surface area contributed by atoms with Crippen LogP contribution in [0.4, 0.5) is 0 Å². The Morgan fingerprint density at radius 2 is 1.89 bits per heavy atom. The molecule has 1 aliphatic heterocycles. The number of thiophene rings is 1. The lowest BCUT2D eigenvalue weighted by molar-refractivity contribution is 0.129. The second kappa shape index (κ2) is 5.47. The Morgan fingerprint density at radius 3 is 2.63 bits per heavy atom. The number of fused-ring (bicyclic) bond motifs is 1. The summed E-state index contributed by atoms with van der Waals surface area (Å²) in [6, 6.07) is 3.78. The van der Waals surface area contributed by atoms with E-state index >= 15 is 0 Å². The first-order valence-corrected chi connectivity index (χ1v) is 9.91. The Kier molecular flexibility index (Phi) is 4.04. The van der Waals surface area contributed by atoms with Gasteiger partial charge in [0.1, 0.15) is 4.21 Å². The van der Waals surface area contributed by atoms with Gasteiger partial charge in [0, 0.05) is 12.6 Å². The van der Waals surface area contributed by atoms with Gasteiger partial charge in [0.05, 0.1) is 3.79 Å². The van der Waals surface area contributed by atoms with E-state index < -0.39 is 10.0 Å². The molecule has 6 heteroatoms. The van der Waals surface area contributed by atoms with Crippen molar-refractivity contribution < 1.29 is 8.42 Å². The maximum Gasteiger partial charge on any atom is 0.252 e. The van der Waals surface area contributed by atoms with Gasteiger partial charge in [-0.1, -0.05) is 12.8 Å². The highest BCUT2D eigenvalue weighted by Crippen LogP contribution is 2.39. The predicted molar refractivity (Wildman–Crippen MR) is 80.9 cm³/mol. The summed E-state index contributed by atoms with van der Waals surface area (Å²) in [5.74, 6) is 0.584. The maximum absolute atomic E-state index is 12.8. The van der Waals surface area contributed by atoms with Crippen molar-refractivity contribution in [2.75, 3.05) is 6.54 Å². The van der Waals surface area contributed by atoms with Gasteiger partial charge in [-0.2, -0.15) is 4.31 Å². The lowest BCUT2D eigenvalue weighted by Crippen LogP contribution is -2.49. The number of nitrogens with zero attached hydrogens (tertiary/aromatic N) is 1. The van der Waals surface area contributed by atoms with E-state index in [9.17, 15) is 8.42 Å². The fourth-order valence-corrected chi connectivity index (χ4v) is 7.32. The summed E-state index contributed by atoms with van der Waals surface area (Å²) in [6.45, 7) is 0.693. The second-order valence-electron chi connectivity index (χ2n) is 5.43. The fraction of sp³-hybridized carbons (Fsp3) is 0.692. The van der Waals surface area contributed by atoms with Crippen LogP contribution in [-0.4, -0.2) is 25.3 Å². The molecule has 2 atom stereocenters. The van der Waals surface area contributed by atoms with E-state index in [1.165, 1.54) is 37.0 Å². The molecule has 0 amide bonds. The topological polar surface area (TPSA) is 37.4 Å². The van der Waals surface area contributed by atoms with Crippen LogP contribution in [0.2, 0.25) is 0 Å². The molecule has 19 heavy (non-hydrogen) atoms. The Balaban J connectivity index is 1.91. The van der Waals surface area contributed by atoms with Crippen molar-refractivity contribution in [1.82, 2.24) is 4.31 Å². The molecule has 0 aromatic carbocycles. The first kappa shape index (κ1) is 14.0. The zero-order chi connectivity index (χ0) is 13.5. The van der Waals surface area contributed by atoms with Crippen molar-refractivity contribution in [2.45, 2.75) is 48.8 Å². The molecule has 0 radical (unpaired) electrons. The minimum atomic E-state index is -3.29. The summed E-state index contributed by atoms with van der Waals surface area (Å²) in [5, 5.41) is 0. The first-order chi connectivity index (χ1) is 9.09. The van der Waals surface area contributed by atoms with E-state index in [0.717, 1.165) is 16.6 Å². The molecule has 2 heterocycles. The molecule has 1 aromatic rings. The molecule has 2 aliphatic rings. The molecule has 0 unspecified atom stereocenters. The van der Waals surface area contributed by atoms with Crippen molar-refractivity contribution in [1.29, 1.82) is 0 Å². The quantitative estimate of drug-likeness (QED) is 0.799. The van der Waals surface area contributed by atoms with Gasteiger partial charge in [-0.25, -0.2) is 8.42 Å². The highest BCUT2D eigenvalue weighted by Gasteiger charge is 2.40. The van der Waals surface area contributed by atoms with Crippen LogP contribution in [0.5, 0.6) is 0 Å². The number of hydrogen-bond donors (Lipinski definition) is 0. The first-order valence-electron chi connectivity index (χ1n) is 6.86. The average Bonchev–Trinajstić information content (AvgIpc) is 2.85. The number of rotatable bonds is 2. The van der Waals surface area contributed by atoms with Crippen LogP contribution >= 0.6 is 27.3 Å². The molecule has 1 saturated heterocycles. The van der Waals surface area contributed by atoms with Gasteiger partial charge >= 0.3 is 0 Å². The molecule has 1 aromatic heterocycles. The Labute approximate surface area is 127 Å². The molecular formula is C13H18BrNO2S2. The molecule has 0 spiro atoms. The molecule has 2 fully saturated rings. The summed E-state index contributed by atoms with van der Waals surface area (Å²) in [4.78, 5) is 0. The van der Waals surface area contributed by atoms with Gasteiger partial charge in [-0.05, 0) is 59.7 Å². The molecule has 3 nitrogen and oxygen atoms in total. The third-order valence-electron chi connectivity index (χ3n) is 4.30. The second-order valence-corrected chi connectivity index (χ2v) is 10.0. The van der Waals surface area contributed by atoms with E-state index in [2.05, 4.69) is 15.9 Å². The summed E-state index contributed by atoms with van der Waals surface area (Å²) >= 11 is 4.67. The molecule has 0 N–H and O–H groups in total. The minimum Gasteiger partial charge on any atom is -0.206 e. The third-order valence-corrected chi connectivity index (χ3v) is 8.32. The van der Waals surface area contributed by atoms with Crippen LogP contribution in [-0.2, 0) is 10.0 Å². The lowest BCUT2D eigenvalue weighted by Gasteiger charge is -2.42. The summed E-state index contributed by atoms with van der Waals surface area (Å²) in [7, 11) is -3.29. The number of hydrogen-bond acceptors (Lipinski definition) is 3. The maximum atomic E-state index is 12.8. The smallest absolute Gasteiger partial charge is 0.206 e. The molecule has 1 aliphatic carbocycles. The van der Waals surface area contributed by atoms with Crippen molar-refractivity contribution in [3.05, 3.63) is 15.9 Å². The van der Waals surface area contributed by atoms with Crippen LogP contribution in [0.15, 0.2) is 20.1 Å². The van der Waals surface area contributed by atoms with Crippen LogP contribution < -0.4 is 0 Å². The summed E-state index contributed by atoms with van der Waals surface area (Å²) < 4.78 is 28.7. The lowest BCUT2D eigenvalue weighted by atomic mass is 9.79. The largest absolute Gasteiger partial charge is 0.252 e. The average molecular weight is 364 g/mol.